The average Bonchev–Trinajstić information content (AvgIpc) is 2.60. The van der Waals surface area contributed by atoms with Crippen LogP contribution in [0.25, 0.3) is 0 Å². The number of halogens is 1. The number of carbonyl (C=O) groups excluding carboxylic acids is 1. The first-order chi connectivity index (χ1) is 13.3. The van der Waals surface area contributed by atoms with Gasteiger partial charge in [-0.1, -0.05) is 17.7 Å². The van der Waals surface area contributed by atoms with Crippen LogP contribution in [0.2, 0.25) is 5.02 Å². The van der Waals surface area contributed by atoms with Gasteiger partial charge in [-0.2, -0.15) is 0 Å². The minimum Gasteiger partial charge on any atom is -0.495 e. The second-order valence-electron chi connectivity index (χ2n) is 6.49. The number of rotatable bonds is 5. The van der Waals surface area contributed by atoms with E-state index in [1.165, 1.54) is 7.11 Å². The van der Waals surface area contributed by atoms with E-state index in [0.29, 0.717) is 28.1 Å². The van der Waals surface area contributed by atoms with Crippen LogP contribution in [0.1, 0.15) is 27.4 Å². The lowest BCUT2D eigenvalue weighted by molar-refractivity contribution is 0.102. The van der Waals surface area contributed by atoms with Crippen molar-refractivity contribution in [2.75, 3.05) is 17.7 Å². The highest BCUT2D eigenvalue weighted by molar-refractivity contribution is 6.31. The number of aromatic nitrogens is 2. The molecule has 0 bridgehead atoms. The molecule has 1 amide bonds. The highest BCUT2D eigenvalue weighted by Crippen LogP contribution is 2.28. The molecule has 1 heterocycles. The Morgan fingerprint density at radius 3 is 2.39 bits per heavy atom. The first-order valence-corrected chi connectivity index (χ1v) is 9.08. The van der Waals surface area contributed by atoms with E-state index in [-0.39, 0.29) is 11.6 Å². The number of benzene rings is 2. The standard InChI is InChI=1S/C21H21ClN4O2/c1-12-7-13(2)9-16(8-12)25-20-11-18(23-14(3)24-20)21(27)26-17-10-15(22)5-6-19(17)28-4/h5-11H,1-4H3,(H,26,27)(H,23,24,25). The Morgan fingerprint density at radius 2 is 1.71 bits per heavy atom. The van der Waals surface area contributed by atoms with E-state index in [2.05, 4.69) is 26.7 Å². The number of aryl methyl sites for hydroxylation is 3. The minimum atomic E-state index is -0.380. The Labute approximate surface area is 168 Å². The van der Waals surface area contributed by atoms with E-state index in [1.807, 2.05) is 26.0 Å². The molecule has 0 spiro atoms. The number of anilines is 3. The van der Waals surface area contributed by atoms with Crippen LogP contribution >= 0.6 is 11.6 Å². The maximum atomic E-state index is 12.7. The van der Waals surface area contributed by atoms with Crippen molar-refractivity contribution < 1.29 is 9.53 Å². The van der Waals surface area contributed by atoms with Crippen molar-refractivity contribution in [2.24, 2.45) is 0 Å². The molecule has 0 aliphatic carbocycles. The lowest BCUT2D eigenvalue weighted by atomic mass is 10.1. The van der Waals surface area contributed by atoms with E-state index < -0.39 is 0 Å². The van der Waals surface area contributed by atoms with Crippen molar-refractivity contribution in [1.29, 1.82) is 0 Å². The number of hydrogen-bond donors (Lipinski definition) is 2. The monoisotopic (exact) mass is 396 g/mol. The fourth-order valence-electron chi connectivity index (χ4n) is 2.91. The summed E-state index contributed by atoms with van der Waals surface area (Å²) in [5.41, 5.74) is 3.89. The normalized spacial score (nSPS) is 10.5. The average molecular weight is 397 g/mol. The number of amides is 1. The topological polar surface area (TPSA) is 76.1 Å². The summed E-state index contributed by atoms with van der Waals surface area (Å²) in [4.78, 5) is 21.4. The number of nitrogens with one attached hydrogen (secondary N) is 2. The van der Waals surface area contributed by atoms with Crippen molar-refractivity contribution in [3.8, 4) is 5.75 Å². The van der Waals surface area contributed by atoms with Crippen molar-refractivity contribution in [1.82, 2.24) is 9.97 Å². The number of methoxy groups -OCH3 is 1. The van der Waals surface area contributed by atoms with Crippen LogP contribution in [0.3, 0.4) is 0 Å². The van der Waals surface area contributed by atoms with Gasteiger partial charge in [-0.05, 0) is 62.2 Å². The zero-order chi connectivity index (χ0) is 20.3. The fourth-order valence-corrected chi connectivity index (χ4v) is 3.08. The number of ether oxygens (including phenoxy) is 1. The highest BCUT2D eigenvalue weighted by Gasteiger charge is 2.14. The summed E-state index contributed by atoms with van der Waals surface area (Å²) in [6.45, 7) is 5.80. The smallest absolute Gasteiger partial charge is 0.274 e. The largest absolute Gasteiger partial charge is 0.495 e. The van der Waals surface area contributed by atoms with Gasteiger partial charge in [-0.3, -0.25) is 4.79 Å². The molecule has 0 saturated heterocycles. The van der Waals surface area contributed by atoms with Crippen LogP contribution in [-0.4, -0.2) is 23.0 Å². The van der Waals surface area contributed by atoms with Gasteiger partial charge in [0.1, 0.15) is 23.1 Å². The molecule has 0 unspecified atom stereocenters. The van der Waals surface area contributed by atoms with Crippen LogP contribution < -0.4 is 15.4 Å². The summed E-state index contributed by atoms with van der Waals surface area (Å²) in [6.07, 6.45) is 0. The molecule has 0 fully saturated rings. The summed E-state index contributed by atoms with van der Waals surface area (Å²) in [6, 6.07) is 12.7. The third-order valence-electron chi connectivity index (χ3n) is 3.97. The predicted octanol–water partition coefficient (Wildman–Crippen LogP) is 5.06. The Balaban J connectivity index is 1.86. The van der Waals surface area contributed by atoms with Gasteiger partial charge in [0.05, 0.1) is 12.8 Å². The molecule has 0 aliphatic heterocycles. The van der Waals surface area contributed by atoms with Crippen LogP contribution in [-0.2, 0) is 0 Å². The van der Waals surface area contributed by atoms with Crippen molar-refractivity contribution in [3.63, 3.8) is 0 Å². The van der Waals surface area contributed by atoms with E-state index in [0.717, 1.165) is 16.8 Å². The molecule has 0 radical (unpaired) electrons. The van der Waals surface area contributed by atoms with E-state index in [4.69, 9.17) is 16.3 Å². The van der Waals surface area contributed by atoms with Gasteiger partial charge in [0, 0.05) is 16.8 Å². The number of carbonyl (C=O) groups is 1. The van der Waals surface area contributed by atoms with Crippen LogP contribution in [0.15, 0.2) is 42.5 Å². The van der Waals surface area contributed by atoms with Gasteiger partial charge in [0.2, 0.25) is 0 Å². The molecule has 3 rings (SSSR count). The zero-order valence-corrected chi connectivity index (χ0v) is 16.9. The quantitative estimate of drug-likeness (QED) is 0.630. The van der Waals surface area contributed by atoms with Crippen molar-refractivity contribution in [3.05, 3.63) is 70.1 Å². The summed E-state index contributed by atoms with van der Waals surface area (Å²) in [5, 5.41) is 6.52. The molecule has 144 valence electrons. The van der Waals surface area contributed by atoms with Gasteiger partial charge in [0.15, 0.2) is 0 Å². The van der Waals surface area contributed by atoms with Gasteiger partial charge in [-0.15, -0.1) is 0 Å². The zero-order valence-electron chi connectivity index (χ0n) is 16.1. The van der Waals surface area contributed by atoms with E-state index in [1.54, 1.807) is 31.2 Å². The molecule has 2 N–H and O–H groups in total. The highest BCUT2D eigenvalue weighted by atomic mass is 35.5. The molecule has 2 aromatic carbocycles. The Kier molecular flexibility index (Phi) is 5.80. The maximum Gasteiger partial charge on any atom is 0.274 e. The lowest BCUT2D eigenvalue weighted by Gasteiger charge is -2.12. The third-order valence-corrected chi connectivity index (χ3v) is 4.21. The molecule has 1 aromatic heterocycles. The number of hydrogen-bond acceptors (Lipinski definition) is 5. The fraction of sp³-hybridized carbons (Fsp3) is 0.190. The molecule has 28 heavy (non-hydrogen) atoms. The molecular weight excluding hydrogens is 376 g/mol. The third kappa shape index (κ3) is 4.78. The Hall–Kier alpha value is -3.12. The summed E-state index contributed by atoms with van der Waals surface area (Å²) in [5.74, 6) is 1.16. The lowest BCUT2D eigenvalue weighted by Crippen LogP contribution is -2.16. The second-order valence-corrected chi connectivity index (χ2v) is 6.92. The molecule has 7 heteroatoms. The van der Waals surface area contributed by atoms with Gasteiger partial charge < -0.3 is 15.4 Å². The molecule has 6 nitrogen and oxygen atoms in total. The van der Waals surface area contributed by atoms with Gasteiger partial charge in [-0.25, -0.2) is 9.97 Å². The van der Waals surface area contributed by atoms with E-state index in [9.17, 15) is 4.79 Å². The summed E-state index contributed by atoms with van der Waals surface area (Å²) in [7, 11) is 1.53. The van der Waals surface area contributed by atoms with Crippen LogP contribution in [0.5, 0.6) is 5.75 Å². The maximum absolute atomic E-state index is 12.7. The summed E-state index contributed by atoms with van der Waals surface area (Å²) < 4.78 is 5.27. The van der Waals surface area contributed by atoms with E-state index >= 15 is 0 Å². The Morgan fingerprint density at radius 1 is 1.00 bits per heavy atom. The SMILES string of the molecule is COc1ccc(Cl)cc1NC(=O)c1cc(Nc2cc(C)cc(C)c2)nc(C)n1. The van der Waals surface area contributed by atoms with Crippen LogP contribution in [0, 0.1) is 20.8 Å². The molecule has 3 aromatic rings. The molecule has 0 aliphatic rings. The predicted molar refractivity (Wildman–Crippen MR) is 112 cm³/mol. The first-order valence-electron chi connectivity index (χ1n) is 8.70. The van der Waals surface area contributed by atoms with Crippen molar-refractivity contribution >= 4 is 34.7 Å². The van der Waals surface area contributed by atoms with Crippen LogP contribution in [0.4, 0.5) is 17.2 Å². The van der Waals surface area contributed by atoms with Crippen molar-refractivity contribution in [2.45, 2.75) is 20.8 Å². The molecule has 0 saturated carbocycles. The Bertz CT molecular complexity index is 1020. The first kappa shape index (κ1) is 19.6. The minimum absolute atomic E-state index is 0.237. The molecular formula is C21H21ClN4O2. The second kappa shape index (κ2) is 8.27. The number of nitrogens with zero attached hydrogens (tertiary/aromatic N) is 2. The molecule has 0 atom stereocenters. The van der Waals surface area contributed by atoms with Gasteiger partial charge in [0.25, 0.3) is 5.91 Å². The summed E-state index contributed by atoms with van der Waals surface area (Å²) >= 11 is 6.03. The van der Waals surface area contributed by atoms with Gasteiger partial charge >= 0.3 is 0 Å².